The maximum atomic E-state index is 12.8. The molecule has 1 aliphatic heterocycles. The summed E-state index contributed by atoms with van der Waals surface area (Å²) < 4.78 is 24.9. The number of nitrogens with zero attached hydrogens (tertiary/aromatic N) is 1. The minimum atomic E-state index is -3.19. The second kappa shape index (κ2) is 5.91. The lowest BCUT2D eigenvalue weighted by atomic mass is 9.93. The second-order valence-corrected chi connectivity index (χ2v) is 8.87. The molecule has 1 atom stereocenters. The van der Waals surface area contributed by atoms with Crippen molar-refractivity contribution >= 4 is 15.9 Å². The van der Waals surface area contributed by atoms with Gasteiger partial charge in [0.15, 0.2) is 0 Å². The summed E-state index contributed by atoms with van der Waals surface area (Å²) in [7, 11) is -3.19. The number of piperidine rings is 1. The molecule has 2 fully saturated rings. The zero-order valence-electron chi connectivity index (χ0n) is 13.7. The van der Waals surface area contributed by atoms with Gasteiger partial charge < -0.3 is 5.32 Å². The number of carbonyl (C=O) groups excluding carboxylic acids is 1. The van der Waals surface area contributed by atoms with Crippen LogP contribution in [0.5, 0.6) is 0 Å². The molecule has 0 unspecified atom stereocenters. The Morgan fingerprint density at radius 3 is 2.70 bits per heavy atom. The third-order valence-corrected chi connectivity index (χ3v) is 6.21. The van der Waals surface area contributed by atoms with Crippen LogP contribution in [0.1, 0.15) is 36.8 Å². The van der Waals surface area contributed by atoms with Gasteiger partial charge >= 0.3 is 0 Å². The number of amides is 1. The molecular weight excluding hydrogens is 312 g/mol. The SMILES string of the molecule is Cc1cccc(C2(C(=O)N[C@@H]3CCCN(S(C)(=O)=O)C3)CC2)c1. The molecule has 1 saturated heterocycles. The van der Waals surface area contributed by atoms with Crippen molar-refractivity contribution in [3.05, 3.63) is 35.4 Å². The number of carbonyl (C=O) groups is 1. The summed E-state index contributed by atoms with van der Waals surface area (Å²) in [5.74, 6) is 0.0449. The lowest BCUT2D eigenvalue weighted by molar-refractivity contribution is -0.124. The van der Waals surface area contributed by atoms with Crippen LogP contribution in [0.2, 0.25) is 0 Å². The van der Waals surface area contributed by atoms with E-state index in [0.717, 1.165) is 36.8 Å². The summed E-state index contributed by atoms with van der Waals surface area (Å²) in [5.41, 5.74) is 1.83. The largest absolute Gasteiger partial charge is 0.351 e. The predicted octanol–water partition coefficient (Wildman–Crippen LogP) is 1.57. The molecule has 1 N–H and O–H groups in total. The molecule has 0 aromatic heterocycles. The molecular formula is C17H24N2O3S. The molecule has 0 radical (unpaired) electrons. The van der Waals surface area contributed by atoms with E-state index in [1.807, 2.05) is 25.1 Å². The smallest absolute Gasteiger partial charge is 0.230 e. The van der Waals surface area contributed by atoms with Crippen molar-refractivity contribution < 1.29 is 13.2 Å². The molecule has 0 spiro atoms. The summed E-state index contributed by atoms with van der Waals surface area (Å²) in [6, 6.07) is 8.03. The van der Waals surface area contributed by atoms with Gasteiger partial charge in [-0.25, -0.2) is 12.7 Å². The van der Waals surface area contributed by atoms with Crippen LogP contribution in [0.15, 0.2) is 24.3 Å². The highest BCUT2D eigenvalue weighted by Crippen LogP contribution is 2.48. The van der Waals surface area contributed by atoms with E-state index in [1.54, 1.807) is 0 Å². The van der Waals surface area contributed by atoms with Gasteiger partial charge in [0, 0.05) is 19.1 Å². The fraction of sp³-hybridized carbons (Fsp3) is 0.588. The van der Waals surface area contributed by atoms with Crippen molar-refractivity contribution in [2.24, 2.45) is 0 Å². The van der Waals surface area contributed by atoms with Gasteiger partial charge in [0.2, 0.25) is 15.9 Å². The summed E-state index contributed by atoms with van der Waals surface area (Å²) in [5, 5.41) is 3.10. The number of rotatable bonds is 4. The summed E-state index contributed by atoms with van der Waals surface area (Å²) >= 11 is 0. The van der Waals surface area contributed by atoms with Gasteiger partial charge in [-0.05, 0) is 38.2 Å². The molecule has 1 heterocycles. The molecule has 2 aliphatic rings. The Labute approximate surface area is 138 Å². The Balaban J connectivity index is 1.70. The minimum absolute atomic E-state index is 0.0449. The molecule has 1 aromatic carbocycles. The van der Waals surface area contributed by atoms with Gasteiger partial charge in [0.1, 0.15) is 0 Å². The Morgan fingerprint density at radius 2 is 2.09 bits per heavy atom. The van der Waals surface area contributed by atoms with Crippen molar-refractivity contribution in [3.8, 4) is 0 Å². The molecule has 126 valence electrons. The van der Waals surface area contributed by atoms with Crippen LogP contribution < -0.4 is 5.32 Å². The van der Waals surface area contributed by atoms with E-state index in [1.165, 1.54) is 10.6 Å². The molecule has 1 aromatic rings. The van der Waals surface area contributed by atoms with Crippen LogP contribution in [0, 0.1) is 6.92 Å². The zero-order valence-corrected chi connectivity index (χ0v) is 14.5. The van der Waals surface area contributed by atoms with Gasteiger partial charge in [0.25, 0.3) is 0 Å². The van der Waals surface area contributed by atoms with Crippen LogP contribution in [0.4, 0.5) is 0 Å². The fourth-order valence-electron chi connectivity index (χ4n) is 3.40. The molecule has 23 heavy (non-hydrogen) atoms. The molecule has 1 amide bonds. The average Bonchev–Trinajstić information content (AvgIpc) is 3.28. The summed E-state index contributed by atoms with van der Waals surface area (Å²) in [6.07, 6.45) is 4.58. The standard InChI is InChI=1S/C17H24N2O3S/c1-13-5-3-6-14(11-13)17(8-9-17)16(20)18-15-7-4-10-19(12-15)23(2,21)22/h3,5-6,11,15H,4,7-10,12H2,1-2H3,(H,18,20)/t15-/m1/s1. The van der Waals surface area contributed by atoms with E-state index < -0.39 is 15.4 Å². The van der Waals surface area contributed by atoms with Crippen molar-refractivity contribution in [1.82, 2.24) is 9.62 Å². The molecule has 3 rings (SSSR count). The molecule has 1 aliphatic carbocycles. The van der Waals surface area contributed by atoms with Gasteiger partial charge in [0.05, 0.1) is 11.7 Å². The number of benzene rings is 1. The van der Waals surface area contributed by atoms with E-state index in [2.05, 4.69) is 11.4 Å². The van der Waals surface area contributed by atoms with Crippen LogP contribution in [-0.4, -0.2) is 44.0 Å². The lowest BCUT2D eigenvalue weighted by Crippen LogP contribution is -2.51. The van der Waals surface area contributed by atoms with Gasteiger partial charge in [-0.1, -0.05) is 29.8 Å². The van der Waals surface area contributed by atoms with Gasteiger partial charge in [-0.15, -0.1) is 0 Å². The minimum Gasteiger partial charge on any atom is -0.351 e. The van der Waals surface area contributed by atoms with Crippen molar-refractivity contribution in [3.63, 3.8) is 0 Å². The summed E-state index contributed by atoms with van der Waals surface area (Å²) in [6.45, 7) is 2.96. The highest BCUT2D eigenvalue weighted by atomic mass is 32.2. The Bertz CT molecular complexity index is 710. The third-order valence-electron chi connectivity index (χ3n) is 4.94. The predicted molar refractivity (Wildman–Crippen MR) is 89.7 cm³/mol. The summed E-state index contributed by atoms with van der Waals surface area (Å²) in [4.78, 5) is 12.8. The van der Waals surface area contributed by atoms with E-state index in [4.69, 9.17) is 0 Å². The molecule has 1 saturated carbocycles. The van der Waals surface area contributed by atoms with Gasteiger partial charge in [-0.2, -0.15) is 0 Å². The monoisotopic (exact) mass is 336 g/mol. The van der Waals surface area contributed by atoms with Crippen LogP contribution >= 0.6 is 0 Å². The van der Waals surface area contributed by atoms with Crippen molar-refractivity contribution in [2.75, 3.05) is 19.3 Å². The number of sulfonamides is 1. The van der Waals surface area contributed by atoms with Crippen molar-refractivity contribution in [2.45, 2.75) is 44.1 Å². The van der Waals surface area contributed by atoms with Crippen LogP contribution in [0.3, 0.4) is 0 Å². The second-order valence-electron chi connectivity index (χ2n) is 6.89. The van der Waals surface area contributed by atoms with Gasteiger partial charge in [-0.3, -0.25) is 4.79 Å². The number of hydrogen-bond acceptors (Lipinski definition) is 3. The van der Waals surface area contributed by atoms with E-state index in [9.17, 15) is 13.2 Å². The van der Waals surface area contributed by atoms with E-state index in [0.29, 0.717) is 13.1 Å². The zero-order chi connectivity index (χ0) is 16.7. The molecule has 0 bridgehead atoms. The number of hydrogen-bond donors (Lipinski definition) is 1. The van der Waals surface area contributed by atoms with Crippen LogP contribution in [0.25, 0.3) is 0 Å². The Morgan fingerprint density at radius 1 is 1.35 bits per heavy atom. The maximum Gasteiger partial charge on any atom is 0.230 e. The average molecular weight is 336 g/mol. The Kier molecular flexibility index (Phi) is 4.23. The molecule has 6 heteroatoms. The topological polar surface area (TPSA) is 66.5 Å². The first-order valence-corrected chi connectivity index (χ1v) is 9.99. The van der Waals surface area contributed by atoms with E-state index >= 15 is 0 Å². The van der Waals surface area contributed by atoms with E-state index in [-0.39, 0.29) is 11.9 Å². The first kappa shape index (κ1) is 16.5. The number of nitrogens with one attached hydrogen (secondary N) is 1. The maximum absolute atomic E-state index is 12.8. The van der Waals surface area contributed by atoms with Crippen molar-refractivity contribution in [1.29, 1.82) is 0 Å². The highest BCUT2D eigenvalue weighted by Gasteiger charge is 2.51. The quantitative estimate of drug-likeness (QED) is 0.907. The molecule has 5 nitrogen and oxygen atoms in total. The fourth-order valence-corrected chi connectivity index (χ4v) is 4.31. The number of aryl methyl sites for hydroxylation is 1. The van der Waals surface area contributed by atoms with Crippen LogP contribution in [-0.2, 0) is 20.2 Å². The third kappa shape index (κ3) is 3.43. The first-order valence-electron chi connectivity index (χ1n) is 8.14. The highest BCUT2D eigenvalue weighted by molar-refractivity contribution is 7.88. The first-order chi connectivity index (χ1) is 10.8. The normalized spacial score (nSPS) is 24.2. The lowest BCUT2D eigenvalue weighted by Gasteiger charge is -2.32. The Hall–Kier alpha value is -1.40.